The van der Waals surface area contributed by atoms with Crippen LogP contribution in [0, 0.1) is 51.8 Å². The molecular formula is C23H31NO. The summed E-state index contributed by atoms with van der Waals surface area (Å²) in [5.74, 6) is 3.39. The van der Waals surface area contributed by atoms with Crippen molar-refractivity contribution in [2.24, 2.45) is 40.4 Å². The SMILES string of the molecule is C=C1C[C@H]2C(=CC1=O)C[C@H](C)[C@@H]1[C@@H]2CC[C@@]2(C)[C@H]1CC[C@@]2(C#N)CC. The minimum absolute atomic E-state index is 0.120. The second kappa shape index (κ2) is 5.57. The van der Waals surface area contributed by atoms with Crippen molar-refractivity contribution in [1.82, 2.24) is 0 Å². The molecule has 4 aliphatic rings. The second-order valence-corrected chi connectivity index (χ2v) is 9.57. The predicted molar refractivity (Wildman–Crippen MR) is 99.5 cm³/mol. The minimum Gasteiger partial charge on any atom is -0.290 e. The van der Waals surface area contributed by atoms with Crippen LogP contribution >= 0.6 is 0 Å². The molecule has 0 aromatic carbocycles. The van der Waals surface area contributed by atoms with Gasteiger partial charge in [-0.1, -0.05) is 32.9 Å². The monoisotopic (exact) mass is 337 g/mol. The Balaban J connectivity index is 1.71. The number of carbonyl (C=O) groups is 1. The fourth-order valence-corrected chi connectivity index (χ4v) is 7.51. The summed E-state index contributed by atoms with van der Waals surface area (Å²) < 4.78 is 0. The number of rotatable bonds is 1. The fraction of sp³-hybridized carbons (Fsp3) is 0.739. The highest BCUT2D eigenvalue weighted by molar-refractivity contribution is 6.05. The van der Waals surface area contributed by atoms with Crippen molar-refractivity contribution < 1.29 is 4.79 Å². The van der Waals surface area contributed by atoms with Crippen LogP contribution in [0.5, 0.6) is 0 Å². The molecule has 25 heavy (non-hydrogen) atoms. The quantitative estimate of drug-likeness (QED) is 0.596. The number of fused-ring (bicyclic) bond motifs is 5. The van der Waals surface area contributed by atoms with Gasteiger partial charge in [0.2, 0.25) is 0 Å². The third kappa shape index (κ3) is 2.11. The molecule has 0 bridgehead atoms. The largest absolute Gasteiger partial charge is 0.290 e. The Labute approximate surface area is 152 Å². The third-order valence-corrected chi connectivity index (χ3v) is 8.91. The summed E-state index contributed by atoms with van der Waals surface area (Å²) in [7, 11) is 0. The molecular weight excluding hydrogens is 306 g/mol. The van der Waals surface area contributed by atoms with Gasteiger partial charge in [0.15, 0.2) is 5.78 Å². The van der Waals surface area contributed by atoms with Crippen LogP contribution in [0.25, 0.3) is 0 Å². The summed E-state index contributed by atoms with van der Waals surface area (Å²) >= 11 is 0. The zero-order valence-electron chi connectivity index (χ0n) is 16.0. The van der Waals surface area contributed by atoms with Crippen molar-refractivity contribution in [3.63, 3.8) is 0 Å². The molecule has 2 heteroatoms. The van der Waals surface area contributed by atoms with Gasteiger partial charge in [-0.25, -0.2) is 0 Å². The van der Waals surface area contributed by atoms with E-state index >= 15 is 0 Å². The Hall–Kier alpha value is -1.36. The summed E-state index contributed by atoms with van der Waals surface area (Å²) in [6.45, 7) is 11.1. The molecule has 0 unspecified atom stereocenters. The van der Waals surface area contributed by atoms with E-state index in [1.165, 1.54) is 24.8 Å². The molecule has 3 fully saturated rings. The molecule has 0 N–H and O–H groups in total. The maximum Gasteiger partial charge on any atom is 0.181 e. The number of nitriles is 1. The maximum atomic E-state index is 12.1. The summed E-state index contributed by atoms with van der Waals surface area (Å²) in [6, 6.07) is 2.78. The average Bonchev–Trinajstić information content (AvgIpc) is 2.89. The predicted octanol–water partition coefficient (Wildman–Crippen LogP) is 5.46. The van der Waals surface area contributed by atoms with Crippen LogP contribution < -0.4 is 0 Å². The van der Waals surface area contributed by atoms with Crippen molar-refractivity contribution in [1.29, 1.82) is 5.26 Å². The number of carbonyl (C=O) groups excluding carboxylic acids is 1. The average molecular weight is 338 g/mol. The first-order chi connectivity index (χ1) is 11.9. The molecule has 0 amide bonds. The molecule has 0 heterocycles. The third-order valence-electron chi connectivity index (χ3n) is 8.91. The highest BCUT2D eigenvalue weighted by atomic mass is 16.1. The Kier molecular flexibility index (Phi) is 3.80. The molecule has 2 nitrogen and oxygen atoms in total. The number of ketones is 1. The first-order valence-electron chi connectivity index (χ1n) is 10.2. The van der Waals surface area contributed by atoms with E-state index in [1.807, 2.05) is 6.08 Å². The van der Waals surface area contributed by atoms with E-state index in [1.54, 1.807) is 0 Å². The molecule has 4 aliphatic carbocycles. The van der Waals surface area contributed by atoms with Crippen molar-refractivity contribution in [2.45, 2.75) is 65.7 Å². The van der Waals surface area contributed by atoms with E-state index in [0.29, 0.717) is 29.6 Å². The zero-order valence-corrected chi connectivity index (χ0v) is 16.0. The number of hydrogen-bond acceptors (Lipinski definition) is 2. The second-order valence-electron chi connectivity index (χ2n) is 9.57. The zero-order chi connectivity index (χ0) is 18.0. The van der Waals surface area contributed by atoms with Crippen LogP contribution in [0.4, 0.5) is 0 Å². The lowest BCUT2D eigenvalue weighted by Crippen LogP contribution is -2.51. The van der Waals surface area contributed by atoms with Gasteiger partial charge in [-0.05, 0) is 91.6 Å². The summed E-state index contributed by atoms with van der Waals surface area (Å²) in [6.07, 6.45) is 9.54. The number of allylic oxidation sites excluding steroid dienone is 2. The van der Waals surface area contributed by atoms with Gasteiger partial charge in [0.1, 0.15) is 0 Å². The minimum atomic E-state index is -0.120. The van der Waals surface area contributed by atoms with Crippen LogP contribution in [-0.4, -0.2) is 5.78 Å². The molecule has 7 atom stereocenters. The maximum absolute atomic E-state index is 12.1. The lowest BCUT2D eigenvalue weighted by molar-refractivity contribution is -0.112. The molecule has 0 aliphatic heterocycles. The highest BCUT2D eigenvalue weighted by Crippen LogP contribution is 2.69. The lowest BCUT2D eigenvalue weighted by atomic mass is 9.46. The summed E-state index contributed by atoms with van der Waals surface area (Å²) in [5.41, 5.74) is 2.26. The molecule has 0 saturated heterocycles. The lowest BCUT2D eigenvalue weighted by Gasteiger charge is -2.57. The Morgan fingerprint density at radius 3 is 2.76 bits per heavy atom. The topological polar surface area (TPSA) is 40.9 Å². The van der Waals surface area contributed by atoms with Crippen molar-refractivity contribution in [3.05, 3.63) is 23.8 Å². The van der Waals surface area contributed by atoms with Gasteiger partial charge in [-0.3, -0.25) is 4.79 Å². The van der Waals surface area contributed by atoms with Crippen molar-refractivity contribution in [2.75, 3.05) is 0 Å². The molecule has 4 rings (SSSR count). The van der Waals surface area contributed by atoms with Gasteiger partial charge in [0, 0.05) is 0 Å². The van der Waals surface area contributed by atoms with Gasteiger partial charge in [0.25, 0.3) is 0 Å². The molecule has 0 aromatic rings. The van der Waals surface area contributed by atoms with Gasteiger partial charge in [0.05, 0.1) is 11.5 Å². The first kappa shape index (κ1) is 17.1. The molecule has 134 valence electrons. The van der Waals surface area contributed by atoms with Crippen LogP contribution in [0.2, 0.25) is 0 Å². The normalized spacial score (nSPS) is 48.9. The van der Waals surface area contributed by atoms with Crippen LogP contribution in [0.15, 0.2) is 23.8 Å². The van der Waals surface area contributed by atoms with E-state index in [4.69, 9.17) is 0 Å². The van der Waals surface area contributed by atoms with Crippen LogP contribution in [0.1, 0.15) is 65.7 Å². The van der Waals surface area contributed by atoms with Gasteiger partial charge < -0.3 is 0 Å². The Morgan fingerprint density at radius 1 is 1.32 bits per heavy atom. The fourth-order valence-electron chi connectivity index (χ4n) is 7.51. The Bertz CT molecular complexity index is 697. The summed E-state index contributed by atoms with van der Waals surface area (Å²) in [5, 5.41) is 10.0. The van der Waals surface area contributed by atoms with Crippen LogP contribution in [-0.2, 0) is 4.79 Å². The summed E-state index contributed by atoms with van der Waals surface area (Å²) in [4.78, 5) is 12.1. The smallest absolute Gasteiger partial charge is 0.181 e. The van der Waals surface area contributed by atoms with E-state index in [9.17, 15) is 10.1 Å². The number of nitrogens with zero attached hydrogens (tertiary/aromatic N) is 1. The van der Waals surface area contributed by atoms with Crippen molar-refractivity contribution in [3.8, 4) is 6.07 Å². The van der Waals surface area contributed by atoms with Gasteiger partial charge >= 0.3 is 0 Å². The van der Waals surface area contributed by atoms with Crippen molar-refractivity contribution >= 4 is 5.78 Å². The molecule has 3 saturated carbocycles. The molecule has 0 aromatic heterocycles. The van der Waals surface area contributed by atoms with E-state index < -0.39 is 0 Å². The van der Waals surface area contributed by atoms with E-state index in [0.717, 1.165) is 31.3 Å². The van der Waals surface area contributed by atoms with E-state index in [-0.39, 0.29) is 16.6 Å². The molecule has 0 spiro atoms. The highest BCUT2D eigenvalue weighted by Gasteiger charge is 2.63. The Morgan fingerprint density at radius 2 is 2.08 bits per heavy atom. The standard InChI is InChI=1S/C23H31NO/c1-5-23(13-24)9-7-19-21-15(3)10-16-12-20(25)14(2)11-18(16)17(21)6-8-22(19,23)4/h12,15,17-19,21H,2,5-11H2,1,3-4H3/t15-,17+,18-,19-,21+,22-,23+/m0/s1. The van der Waals surface area contributed by atoms with E-state index in [2.05, 4.69) is 33.4 Å². The number of hydrogen-bond donors (Lipinski definition) is 0. The van der Waals surface area contributed by atoms with Gasteiger partial charge in [-0.2, -0.15) is 5.26 Å². The van der Waals surface area contributed by atoms with Gasteiger partial charge in [-0.15, -0.1) is 0 Å². The van der Waals surface area contributed by atoms with Crippen LogP contribution in [0.3, 0.4) is 0 Å². The first-order valence-corrected chi connectivity index (χ1v) is 10.2. The molecule has 0 radical (unpaired) electrons.